The van der Waals surface area contributed by atoms with Crippen molar-refractivity contribution in [2.45, 2.75) is 104 Å². The van der Waals surface area contributed by atoms with Gasteiger partial charge in [-0.25, -0.2) is 9.29 Å². The monoisotopic (exact) mass is 557 g/mol. The van der Waals surface area contributed by atoms with E-state index in [-0.39, 0.29) is 28.5 Å². The van der Waals surface area contributed by atoms with Crippen molar-refractivity contribution in [2.75, 3.05) is 4.90 Å². The van der Waals surface area contributed by atoms with Crippen molar-refractivity contribution < 1.29 is 18.8 Å². The van der Waals surface area contributed by atoms with Crippen LogP contribution in [-0.2, 0) is 14.4 Å². The van der Waals surface area contributed by atoms with Crippen LogP contribution in [0, 0.1) is 23.6 Å². The van der Waals surface area contributed by atoms with Gasteiger partial charge in [0.1, 0.15) is 5.82 Å². The van der Waals surface area contributed by atoms with Gasteiger partial charge in [-0.2, -0.15) is 0 Å². The molecule has 0 saturated carbocycles. The van der Waals surface area contributed by atoms with Crippen LogP contribution in [-0.4, -0.2) is 16.9 Å². The second kappa shape index (κ2) is 15.7. The van der Waals surface area contributed by atoms with Gasteiger partial charge in [-0.05, 0) is 47.3 Å². The molecule has 0 radical (unpaired) electrons. The first-order chi connectivity index (χ1) is 16.1. The number of halogens is 2. The van der Waals surface area contributed by atoms with E-state index in [1.165, 1.54) is 12.1 Å². The minimum Gasteiger partial charge on any atom is -0.287 e. The van der Waals surface area contributed by atoms with E-state index in [9.17, 15) is 14.4 Å². The molecule has 34 heavy (non-hydrogen) atoms. The lowest BCUT2D eigenvalue weighted by Gasteiger charge is -2.28. The first kappa shape index (κ1) is 30.8. The number of amides is 2. The van der Waals surface area contributed by atoms with E-state index in [0.717, 1.165) is 61.6 Å². The number of rotatable bonds is 14. The molecule has 0 N–H and O–H groups in total. The smallest absolute Gasteiger partial charge is 0.236 e. The van der Waals surface area contributed by atoms with Crippen LogP contribution in [0.1, 0.15) is 99.3 Å². The minimum atomic E-state index is -0.658. The van der Waals surface area contributed by atoms with E-state index in [1.807, 2.05) is 20.8 Å². The molecule has 0 heterocycles. The number of hydrogen-bond acceptors (Lipinski definition) is 4. The molecule has 4 nitrogen and oxygen atoms in total. The molecule has 0 aliphatic rings. The maximum Gasteiger partial charge on any atom is 0.236 e. The third kappa shape index (κ3) is 9.10. The number of hydrogen-bond donors (Lipinski definition) is 0. The standard InChI is InChI=1S/C27H41BrFNO3S/c1-7-10-13-18(4)25(31)30(26(32)19(5)14-11-8-2)23-17-24(21(28)16-22(23)29)34-27(33)20(6)15-12-9-3/h16-20H,7-15H2,1-6H3. The molecular formula is C27H41BrFNO3S. The Morgan fingerprint density at radius 3 is 1.74 bits per heavy atom. The fraction of sp³-hybridized carbons (Fsp3) is 0.667. The van der Waals surface area contributed by atoms with Crippen LogP contribution in [0.2, 0.25) is 0 Å². The third-order valence-corrected chi connectivity index (χ3v) is 8.19. The Kier molecular flexibility index (Phi) is 14.2. The van der Waals surface area contributed by atoms with Crippen LogP contribution in [0.15, 0.2) is 21.5 Å². The zero-order valence-corrected chi connectivity index (χ0v) is 24.0. The zero-order valence-electron chi connectivity index (χ0n) is 21.6. The first-order valence-electron chi connectivity index (χ1n) is 12.7. The predicted octanol–water partition coefficient (Wildman–Crippen LogP) is 8.55. The molecule has 0 aromatic heterocycles. The summed E-state index contributed by atoms with van der Waals surface area (Å²) in [7, 11) is 0. The molecule has 0 aliphatic carbocycles. The van der Waals surface area contributed by atoms with Gasteiger partial charge in [-0.3, -0.25) is 14.4 Å². The Labute approximate surface area is 217 Å². The van der Waals surface area contributed by atoms with Gasteiger partial charge in [-0.15, -0.1) is 0 Å². The fourth-order valence-corrected chi connectivity index (χ4v) is 5.08. The van der Waals surface area contributed by atoms with E-state index in [2.05, 4.69) is 22.9 Å². The number of thioether (sulfide) groups is 1. The molecule has 2 amide bonds. The lowest BCUT2D eigenvalue weighted by molar-refractivity contribution is -0.130. The van der Waals surface area contributed by atoms with E-state index in [0.29, 0.717) is 22.2 Å². The molecule has 3 unspecified atom stereocenters. The SMILES string of the molecule is CCCCC(C)C(=O)Sc1cc(N(C(=O)C(C)CCCC)C(=O)C(C)CCCC)c(F)cc1Br. The number of unbranched alkanes of at least 4 members (excludes halogenated alkanes) is 3. The van der Waals surface area contributed by atoms with Crippen molar-refractivity contribution in [3.8, 4) is 0 Å². The highest BCUT2D eigenvalue weighted by Gasteiger charge is 2.33. The van der Waals surface area contributed by atoms with E-state index in [1.54, 1.807) is 13.8 Å². The number of anilines is 1. The van der Waals surface area contributed by atoms with Crippen LogP contribution in [0.5, 0.6) is 0 Å². The first-order valence-corrected chi connectivity index (χ1v) is 14.3. The highest BCUT2D eigenvalue weighted by molar-refractivity contribution is 9.10. The van der Waals surface area contributed by atoms with E-state index < -0.39 is 17.7 Å². The predicted molar refractivity (Wildman–Crippen MR) is 144 cm³/mol. The molecule has 0 fully saturated rings. The van der Waals surface area contributed by atoms with Crippen LogP contribution in [0.3, 0.4) is 0 Å². The number of imide groups is 1. The fourth-order valence-electron chi connectivity index (χ4n) is 3.66. The lowest BCUT2D eigenvalue weighted by Crippen LogP contribution is -2.43. The molecule has 0 aliphatic heterocycles. The van der Waals surface area contributed by atoms with Gasteiger partial charge in [0.25, 0.3) is 0 Å². The summed E-state index contributed by atoms with van der Waals surface area (Å²) < 4.78 is 15.7. The van der Waals surface area contributed by atoms with Gasteiger partial charge >= 0.3 is 0 Å². The third-order valence-electron chi connectivity index (χ3n) is 6.11. The summed E-state index contributed by atoms with van der Waals surface area (Å²) in [6, 6.07) is 2.73. The van der Waals surface area contributed by atoms with Gasteiger partial charge in [0.2, 0.25) is 11.8 Å². The number of carbonyl (C=O) groups is 3. The second-order valence-corrected chi connectivity index (χ2v) is 11.2. The highest BCUT2D eigenvalue weighted by Crippen LogP contribution is 2.37. The van der Waals surface area contributed by atoms with E-state index in [4.69, 9.17) is 0 Å². The summed E-state index contributed by atoms with van der Waals surface area (Å²) in [4.78, 5) is 41.1. The molecule has 1 aromatic rings. The van der Waals surface area contributed by atoms with Crippen molar-refractivity contribution >= 4 is 50.3 Å². The van der Waals surface area contributed by atoms with Crippen molar-refractivity contribution in [1.82, 2.24) is 0 Å². The van der Waals surface area contributed by atoms with Crippen molar-refractivity contribution in [3.63, 3.8) is 0 Å². The van der Waals surface area contributed by atoms with Gasteiger partial charge in [0.15, 0.2) is 5.12 Å². The molecule has 0 bridgehead atoms. The van der Waals surface area contributed by atoms with Crippen LogP contribution < -0.4 is 4.90 Å². The number of benzene rings is 1. The average molecular weight is 559 g/mol. The summed E-state index contributed by atoms with van der Waals surface area (Å²) in [5, 5.41) is -0.0106. The van der Waals surface area contributed by atoms with Gasteiger partial charge < -0.3 is 0 Å². The lowest BCUT2D eigenvalue weighted by atomic mass is 9.98. The summed E-state index contributed by atoms with van der Waals surface area (Å²) in [6.07, 6.45) is 7.62. The Balaban J connectivity index is 3.38. The molecule has 192 valence electrons. The molecule has 1 aromatic carbocycles. The van der Waals surface area contributed by atoms with Crippen molar-refractivity contribution in [1.29, 1.82) is 0 Å². The molecule has 7 heteroatoms. The molecule has 3 atom stereocenters. The normalized spacial score (nSPS) is 13.9. The zero-order chi connectivity index (χ0) is 25.8. The Hall–Kier alpha value is -1.21. The van der Waals surface area contributed by atoms with Crippen LogP contribution in [0.25, 0.3) is 0 Å². The Bertz CT molecular complexity index is 806. The van der Waals surface area contributed by atoms with Crippen LogP contribution >= 0.6 is 27.7 Å². The summed E-state index contributed by atoms with van der Waals surface area (Å²) >= 11 is 4.39. The number of nitrogens with zero attached hydrogens (tertiary/aromatic N) is 1. The maximum atomic E-state index is 15.2. The van der Waals surface area contributed by atoms with Crippen molar-refractivity contribution in [2.24, 2.45) is 17.8 Å². The number of carbonyl (C=O) groups excluding carboxylic acids is 3. The Morgan fingerprint density at radius 2 is 1.29 bits per heavy atom. The quantitative estimate of drug-likeness (QED) is 0.215. The topological polar surface area (TPSA) is 54.5 Å². The van der Waals surface area contributed by atoms with E-state index >= 15 is 4.39 Å². The molecular weight excluding hydrogens is 517 g/mol. The van der Waals surface area contributed by atoms with Crippen molar-refractivity contribution in [3.05, 3.63) is 22.4 Å². The largest absolute Gasteiger partial charge is 0.287 e. The Morgan fingerprint density at radius 1 is 0.853 bits per heavy atom. The van der Waals surface area contributed by atoms with Gasteiger partial charge in [0.05, 0.1) is 5.69 Å². The summed E-state index contributed by atoms with van der Waals surface area (Å²) in [6.45, 7) is 11.7. The molecule has 0 saturated heterocycles. The molecule has 1 rings (SSSR count). The van der Waals surface area contributed by atoms with Crippen LogP contribution in [0.4, 0.5) is 10.1 Å². The minimum absolute atomic E-state index is 0.0106. The summed E-state index contributed by atoms with van der Waals surface area (Å²) in [5.41, 5.74) is -0.0681. The average Bonchev–Trinajstić information content (AvgIpc) is 2.81. The summed E-state index contributed by atoms with van der Waals surface area (Å²) in [5.74, 6) is -2.37. The van der Waals surface area contributed by atoms with Gasteiger partial charge in [0, 0.05) is 27.1 Å². The highest BCUT2D eigenvalue weighted by atomic mass is 79.9. The molecule has 0 spiro atoms. The van der Waals surface area contributed by atoms with Gasteiger partial charge in [-0.1, -0.05) is 91.8 Å². The second-order valence-electron chi connectivity index (χ2n) is 9.30. The maximum absolute atomic E-state index is 15.2.